The lowest BCUT2D eigenvalue weighted by molar-refractivity contribution is 0.414. The van der Waals surface area contributed by atoms with E-state index in [1.165, 1.54) is 5.56 Å². The fraction of sp³-hybridized carbons (Fsp3) is 0.474. The van der Waals surface area contributed by atoms with Crippen LogP contribution in [0.3, 0.4) is 0 Å². The molecule has 0 bridgehead atoms. The van der Waals surface area contributed by atoms with Crippen molar-refractivity contribution in [1.29, 1.82) is 0 Å². The molecule has 0 radical (unpaired) electrons. The van der Waals surface area contributed by atoms with E-state index in [0.717, 1.165) is 18.0 Å². The molecule has 2 aromatic rings. The molecule has 3 rings (SSSR count). The van der Waals surface area contributed by atoms with Gasteiger partial charge in [-0.05, 0) is 43.5 Å². The Kier molecular flexibility index (Phi) is 6.15. The molecule has 1 fully saturated rings. The smallest absolute Gasteiger partial charge is 0.224 e. The third kappa shape index (κ3) is 5.09. The second-order valence-electron chi connectivity index (χ2n) is 6.61. The Morgan fingerprint density at radius 2 is 2.19 bits per heavy atom. The number of anilines is 2. The molecule has 146 valence electrons. The van der Waals surface area contributed by atoms with Gasteiger partial charge < -0.3 is 15.0 Å². The van der Waals surface area contributed by atoms with Crippen molar-refractivity contribution in [3.8, 4) is 5.75 Å². The van der Waals surface area contributed by atoms with E-state index in [4.69, 9.17) is 4.74 Å². The van der Waals surface area contributed by atoms with Crippen LogP contribution in [0.25, 0.3) is 0 Å². The van der Waals surface area contributed by atoms with Crippen LogP contribution in [-0.2, 0) is 16.3 Å². The number of aromatic nitrogens is 2. The van der Waals surface area contributed by atoms with Gasteiger partial charge >= 0.3 is 0 Å². The summed E-state index contributed by atoms with van der Waals surface area (Å²) in [5, 5.41) is 3.25. The Labute approximate surface area is 160 Å². The van der Waals surface area contributed by atoms with Crippen LogP contribution in [0.2, 0.25) is 0 Å². The molecule has 1 N–H and O–H groups in total. The molecular weight excluding hydrogens is 364 g/mol. The zero-order valence-corrected chi connectivity index (χ0v) is 16.6. The first-order valence-corrected chi connectivity index (χ1v) is 11.0. The Morgan fingerprint density at radius 3 is 2.89 bits per heavy atom. The lowest BCUT2D eigenvalue weighted by Crippen LogP contribution is -2.36. The Bertz CT molecular complexity index is 873. The van der Waals surface area contributed by atoms with Gasteiger partial charge in [-0.1, -0.05) is 12.1 Å². The van der Waals surface area contributed by atoms with E-state index in [9.17, 15) is 8.42 Å². The largest absolute Gasteiger partial charge is 0.497 e. The summed E-state index contributed by atoms with van der Waals surface area (Å²) < 4.78 is 28.8. The van der Waals surface area contributed by atoms with Crippen molar-refractivity contribution >= 4 is 21.6 Å². The summed E-state index contributed by atoms with van der Waals surface area (Å²) in [5.41, 5.74) is 1.17. The van der Waals surface area contributed by atoms with Gasteiger partial charge in [0.25, 0.3) is 0 Å². The molecule has 1 aromatic carbocycles. The number of rotatable bonds is 8. The molecule has 7 nitrogen and oxygen atoms in total. The summed E-state index contributed by atoms with van der Waals surface area (Å²) in [6.07, 6.45) is 3.18. The third-order valence-electron chi connectivity index (χ3n) is 4.76. The number of hydrogen-bond donors (Lipinski definition) is 1. The third-order valence-corrected chi connectivity index (χ3v) is 6.51. The van der Waals surface area contributed by atoms with Crippen LogP contribution in [0.5, 0.6) is 5.75 Å². The van der Waals surface area contributed by atoms with Crippen molar-refractivity contribution in [2.75, 3.05) is 41.9 Å². The van der Waals surface area contributed by atoms with E-state index >= 15 is 0 Å². The lowest BCUT2D eigenvalue weighted by atomic mass is 10.1. The summed E-state index contributed by atoms with van der Waals surface area (Å²) in [4.78, 5) is 10.9. The quantitative estimate of drug-likeness (QED) is 0.739. The van der Waals surface area contributed by atoms with E-state index < -0.39 is 9.84 Å². The van der Waals surface area contributed by atoms with Gasteiger partial charge in [0, 0.05) is 25.3 Å². The van der Waals surface area contributed by atoms with Crippen molar-refractivity contribution in [2.45, 2.75) is 25.8 Å². The van der Waals surface area contributed by atoms with Gasteiger partial charge in [-0.3, -0.25) is 0 Å². The van der Waals surface area contributed by atoms with Crippen molar-refractivity contribution in [3.63, 3.8) is 0 Å². The highest BCUT2D eigenvalue weighted by atomic mass is 32.2. The fourth-order valence-corrected chi connectivity index (χ4v) is 5.10. The van der Waals surface area contributed by atoms with Crippen LogP contribution in [0.4, 0.5) is 11.8 Å². The van der Waals surface area contributed by atoms with E-state index in [1.54, 1.807) is 13.3 Å². The van der Waals surface area contributed by atoms with Crippen LogP contribution in [-0.4, -0.2) is 56.1 Å². The summed E-state index contributed by atoms with van der Waals surface area (Å²) in [6.45, 7) is 3.42. The van der Waals surface area contributed by atoms with Crippen LogP contribution in [0.15, 0.2) is 36.5 Å². The van der Waals surface area contributed by atoms with Crippen molar-refractivity contribution < 1.29 is 13.2 Å². The van der Waals surface area contributed by atoms with Gasteiger partial charge in [0.2, 0.25) is 5.95 Å². The maximum absolute atomic E-state index is 11.8. The van der Waals surface area contributed by atoms with Gasteiger partial charge in [0.15, 0.2) is 9.84 Å². The minimum atomic E-state index is -2.93. The van der Waals surface area contributed by atoms with E-state index in [0.29, 0.717) is 25.5 Å². The standard InChI is InChI=1S/C19H26N4O3S/c1-3-23(16-9-12-27(24,25)14-16)18-8-11-21-19(22-18)20-10-7-15-5-4-6-17(13-15)26-2/h4-6,8,11,13,16H,3,7,9-10,12,14H2,1-2H3,(H,20,21,22). The number of nitrogens with one attached hydrogen (secondary N) is 1. The van der Waals surface area contributed by atoms with Gasteiger partial charge in [-0.15, -0.1) is 0 Å². The molecule has 1 unspecified atom stereocenters. The maximum atomic E-state index is 11.8. The molecule has 0 amide bonds. The first-order chi connectivity index (χ1) is 13.0. The molecule has 27 heavy (non-hydrogen) atoms. The van der Waals surface area contributed by atoms with Gasteiger partial charge in [0.1, 0.15) is 11.6 Å². The molecule has 1 saturated heterocycles. The first kappa shape index (κ1) is 19.4. The molecule has 1 aliphatic heterocycles. The summed E-state index contributed by atoms with van der Waals surface area (Å²) >= 11 is 0. The summed E-state index contributed by atoms with van der Waals surface area (Å²) in [5.74, 6) is 2.61. The SMILES string of the molecule is CCN(c1ccnc(NCCc2cccc(OC)c2)n1)C1CCS(=O)(=O)C1. The van der Waals surface area contributed by atoms with Crippen LogP contribution < -0.4 is 15.0 Å². The molecule has 1 aliphatic rings. The van der Waals surface area contributed by atoms with E-state index in [1.807, 2.05) is 31.2 Å². The molecule has 0 aliphatic carbocycles. The monoisotopic (exact) mass is 390 g/mol. The second kappa shape index (κ2) is 8.56. The van der Waals surface area contributed by atoms with Crippen molar-refractivity contribution in [1.82, 2.24) is 9.97 Å². The Balaban J connectivity index is 1.62. The van der Waals surface area contributed by atoms with Crippen molar-refractivity contribution in [2.24, 2.45) is 0 Å². The first-order valence-electron chi connectivity index (χ1n) is 9.17. The van der Waals surface area contributed by atoms with Crippen LogP contribution >= 0.6 is 0 Å². The molecule has 2 heterocycles. The Morgan fingerprint density at radius 1 is 1.33 bits per heavy atom. The Hall–Kier alpha value is -2.35. The predicted molar refractivity (Wildman–Crippen MR) is 107 cm³/mol. The second-order valence-corrected chi connectivity index (χ2v) is 8.84. The molecule has 8 heteroatoms. The number of benzene rings is 1. The highest BCUT2D eigenvalue weighted by molar-refractivity contribution is 7.91. The lowest BCUT2D eigenvalue weighted by Gasteiger charge is -2.28. The topological polar surface area (TPSA) is 84.4 Å². The minimum Gasteiger partial charge on any atom is -0.497 e. The van der Waals surface area contributed by atoms with Crippen molar-refractivity contribution in [3.05, 3.63) is 42.1 Å². The molecule has 0 saturated carbocycles. The van der Waals surface area contributed by atoms with Gasteiger partial charge in [0.05, 0.1) is 18.6 Å². The highest BCUT2D eigenvalue weighted by Gasteiger charge is 2.32. The number of sulfone groups is 1. The van der Waals surface area contributed by atoms with Crippen LogP contribution in [0.1, 0.15) is 18.9 Å². The summed E-state index contributed by atoms with van der Waals surface area (Å²) in [7, 11) is -1.27. The summed E-state index contributed by atoms with van der Waals surface area (Å²) in [6, 6.07) is 9.78. The molecule has 1 aromatic heterocycles. The van der Waals surface area contributed by atoms with Crippen LogP contribution in [0, 0.1) is 0 Å². The minimum absolute atomic E-state index is 0.0143. The number of ether oxygens (including phenoxy) is 1. The number of hydrogen-bond acceptors (Lipinski definition) is 7. The molecular formula is C19H26N4O3S. The van der Waals surface area contributed by atoms with Gasteiger partial charge in [-0.25, -0.2) is 13.4 Å². The maximum Gasteiger partial charge on any atom is 0.224 e. The average molecular weight is 391 g/mol. The van der Waals surface area contributed by atoms with E-state index in [2.05, 4.69) is 26.3 Å². The number of methoxy groups -OCH3 is 1. The zero-order chi connectivity index (χ0) is 19.3. The molecule has 0 spiro atoms. The normalized spacial score (nSPS) is 18.2. The van der Waals surface area contributed by atoms with Gasteiger partial charge in [-0.2, -0.15) is 4.98 Å². The highest BCUT2D eigenvalue weighted by Crippen LogP contribution is 2.23. The zero-order valence-electron chi connectivity index (χ0n) is 15.8. The predicted octanol–water partition coefficient (Wildman–Crippen LogP) is 2.15. The number of nitrogens with zero attached hydrogens (tertiary/aromatic N) is 3. The fourth-order valence-electron chi connectivity index (χ4n) is 3.37. The average Bonchev–Trinajstić information content (AvgIpc) is 3.02. The van der Waals surface area contributed by atoms with E-state index in [-0.39, 0.29) is 17.5 Å². The molecule has 1 atom stereocenters.